The fourth-order valence-electron chi connectivity index (χ4n) is 4.06. The first-order chi connectivity index (χ1) is 13.7. The molecule has 1 saturated heterocycles. The molecule has 3 rings (SSSR count). The van der Waals surface area contributed by atoms with Crippen molar-refractivity contribution in [3.8, 4) is 0 Å². The van der Waals surface area contributed by atoms with E-state index in [9.17, 15) is 13.2 Å². The van der Waals surface area contributed by atoms with Gasteiger partial charge < -0.3 is 14.2 Å². The lowest BCUT2D eigenvalue weighted by Gasteiger charge is -2.31. The van der Waals surface area contributed by atoms with Crippen LogP contribution in [0.25, 0.3) is 11.0 Å². The number of carbonyl (C=O) groups excluding carboxylic acids is 1. The summed E-state index contributed by atoms with van der Waals surface area (Å²) < 4.78 is 29.7. The van der Waals surface area contributed by atoms with Crippen molar-refractivity contribution in [2.75, 3.05) is 37.7 Å². The molecule has 0 saturated carbocycles. The van der Waals surface area contributed by atoms with E-state index >= 15 is 0 Å². The molecule has 1 unspecified atom stereocenters. The van der Waals surface area contributed by atoms with Crippen molar-refractivity contribution in [3.05, 3.63) is 35.1 Å². The van der Waals surface area contributed by atoms with Gasteiger partial charge in [0.25, 0.3) is 0 Å². The zero-order chi connectivity index (χ0) is 21.2. The van der Waals surface area contributed by atoms with Gasteiger partial charge in [0.05, 0.1) is 24.2 Å². The van der Waals surface area contributed by atoms with Crippen LogP contribution in [-0.2, 0) is 21.1 Å². The maximum absolute atomic E-state index is 13.3. The van der Waals surface area contributed by atoms with Gasteiger partial charge in [0.15, 0.2) is 9.84 Å². The molecule has 1 aromatic carbocycles. The summed E-state index contributed by atoms with van der Waals surface area (Å²) in [6.07, 6.45) is 2.41. The third-order valence-electron chi connectivity index (χ3n) is 6.13. The molecule has 7 heteroatoms. The first-order valence-electron chi connectivity index (χ1n) is 10.4. The third-order valence-corrected chi connectivity index (χ3v) is 7.88. The molecule has 160 valence electrons. The molecule has 1 aliphatic rings. The minimum Gasteiger partial charge on any atom is -0.464 e. The molecular weight excluding hydrogens is 388 g/mol. The number of furan rings is 1. The molecule has 0 N–H and O–H groups in total. The number of nitrogens with zero attached hydrogens (tertiary/aromatic N) is 2. The molecule has 0 aliphatic carbocycles. The van der Waals surface area contributed by atoms with Crippen LogP contribution in [0, 0.1) is 13.8 Å². The van der Waals surface area contributed by atoms with E-state index in [1.165, 1.54) is 0 Å². The van der Waals surface area contributed by atoms with Gasteiger partial charge in [0, 0.05) is 30.1 Å². The Labute approximate surface area is 173 Å². The van der Waals surface area contributed by atoms with Gasteiger partial charge in [-0.3, -0.25) is 4.79 Å². The molecule has 2 heterocycles. The first kappa shape index (κ1) is 21.8. The van der Waals surface area contributed by atoms with Crippen LogP contribution in [0.4, 0.5) is 0 Å². The number of benzene rings is 1. The second-order valence-electron chi connectivity index (χ2n) is 8.04. The highest BCUT2D eigenvalue weighted by Crippen LogP contribution is 2.26. The number of aryl methyl sites for hydroxylation is 2. The van der Waals surface area contributed by atoms with Gasteiger partial charge in [-0.1, -0.05) is 13.8 Å². The van der Waals surface area contributed by atoms with E-state index in [-0.39, 0.29) is 29.9 Å². The number of hydrogen-bond acceptors (Lipinski definition) is 5. The van der Waals surface area contributed by atoms with E-state index in [4.69, 9.17) is 4.42 Å². The van der Waals surface area contributed by atoms with Gasteiger partial charge >= 0.3 is 0 Å². The standard InChI is InChI=1S/C22H32N2O4S/c1-5-23(6-2)8-9-24(19-7-10-29(26,27)15-19)22(25)13-18-14-28-21-12-17(4)16(3)11-20(18)21/h11-12,14,19H,5-10,13,15H2,1-4H3. The second kappa shape index (κ2) is 8.88. The van der Waals surface area contributed by atoms with Crippen molar-refractivity contribution in [1.29, 1.82) is 0 Å². The molecule has 6 nitrogen and oxygen atoms in total. The Hall–Kier alpha value is -1.86. The topological polar surface area (TPSA) is 70.8 Å². The third kappa shape index (κ3) is 5.01. The molecule has 1 atom stereocenters. The van der Waals surface area contributed by atoms with Gasteiger partial charge in [0.1, 0.15) is 5.58 Å². The van der Waals surface area contributed by atoms with E-state index in [2.05, 4.69) is 24.8 Å². The van der Waals surface area contributed by atoms with Crippen LogP contribution in [0.2, 0.25) is 0 Å². The molecule has 1 aliphatic heterocycles. The molecule has 29 heavy (non-hydrogen) atoms. The molecule has 0 bridgehead atoms. The minimum absolute atomic E-state index is 0.0276. The summed E-state index contributed by atoms with van der Waals surface area (Å²) in [5.74, 6) is 0.210. The van der Waals surface area contributed by atoms with Crippen molar-refractivity contribution in [1.82, 2.24) is 9.80 Å². The number of fused-ring (bicyclic) bond motifs is 1. The molecule has 1 aromatic heterocycles. The highest BCUT2D eigenvalue weighted by molar-refractivity contribution is 7.91. The summed E-state index contributed by atoms with van der Waals surface area (Å²) in [5, 5.41) is 0.962. The lowest BCUT2D eigenvalue weighted by Crippen LogP contribution is -2.46. The predicted octanol–water partition coefficient (Wildman–Crippen LogP) is 2.95. The zero-order valence-electron chi connectivity index (χ0n) is 17.9. The van der Waals surface area contributed by atoms with Crippen LogP contribution < -0.4 is 0 Å². The second-order valence-corrected chi connectivity index (χ2v) is 10.3. The predicted molar refractivity (Wildman–Crippen MR) is 116 cm³/mol. The number of hydrogen-bond donors (Lipinski definition) is 0. The SMILES string of the molecule is CCN(CC)CCN(C(=O)Cc1coc2cc(C)c(C)cc12)C1CCS(=O)(=O)C1. The number of likely N-dealkylation sites (N-methyl/N-ethyl adjacent to an activating group) is 1. The van der Waals surface area contributed by atoms with Crippen molar-refractivity contribution in [3.63, 3.8) is 0 Å². The number of sulfone groups is 1. The quantitative estimate of drug-likeness (QED) is 0.657. The molecule has 0 radical (unpaired) electrons. The van der Waals surface area contributed by atoms with Crippen molar-refractivity contribution in [2.45, 2.75) is 46.6 Å². The van der Waals surface area contributed by atoms with Crippen LogP contribution >= 0.6 is 0 Å². The summed E-state index contributed by atoms with van der Waals surface area (Å²) >= 11 is 0. The van der Waals surface area contributed by atoms with Crippen molar-refractivity contribution >= 4 is 26.7 Å². The Balaban J connectivity index is 1.81. The zero-order valence-corrected chi connectivity index (χ0v) is 18.7. The maximum Gasteiger partial charge on any atom is 0.227 e. The van der Waals surface area contributed by atoms with Gasteiger partial charge in [-0.25, -0.2) is 8.42 Å². The maximum atomic E-state index is 13.3. The van der Waals surface area contributed by atoms with E-state index in [0.29, 0.717) is 13.0 Å². The number of carbonyl (C=O) groups is 1. The van der Waals surface area contributed by atoms with Crippen LogP contribution in [0.15, 0.2) is 22.8 Å². The summed E-state index contributed by atoms with van der Waals surface area (Å²) in [6, 6.07) is 3.84. The summed E-state index contributed by atoms with van der Waals surface area (Å²) in [5.41, 5.74) is 3.96. The Bertz CT molecular complexity index is 976. The van der Waals surface area contributed by atoms with Gasteiger partial charge in [-0.05, 0) is 56.6 Å². The minimum atomic E-state index is -3.06. The highest BCUT2D eigenvalue weighted by Gasteiger charge is 2.34. The average molecular weight is 421 g/mol. The fourth-order valence-corrected chi connectivity index (χ4v) is 5.79. The number of rotatable bonds is 8. The van der Waals surface area contributed by atoms with Crippen LogP contribution in [0.5, 0.6) is 0 Å². The Morgan fingerprint density at radius 2 is 1.83 bits per heavy atom. The van der Waals surface area contributed by atoms with E-state index < -0.39 is 9.84 Å². The highest BCUT2D eigenvalue weighted by atomic mass is 32.2. The van der Waals surface area contributed by atoms with Crippen LogP contribution in [-0.4, -0.2) is 67.9 Å². The fraction of sp³-hybridized carbons (Fsp3) is 0.591. The lowest BCUT2D eigenvalue weighted by atomic mass is 10.0. The molecule has 0 spiro atoms. The molecule has 2 aromatic rings. The lowest BCUT2D eigenvalue weighted by molar-refractivity contribution is -0.132. The normalized spacial score (nSPS) is 18.6. The molecule has 1 fully saturated rings. The monoisotopic (exact) mass is 420 g/mol. The smallest absolute Gasteiger partial charge is 0.227 e. The van der Waals surface area contributed by atoms with E-state index in [1.807, 2.05) is 19.9 Å². The van der Waals surface area contributed by atoms with Crippen molar-refractivity contribution < 1.29 is 17.6 Å². The Morgan fingerprint density at radius 1 is 1.14 bits per heavy atom. The number of amides is 1. The van der Waals surface area contributed by atoms with Crippen LogP contribution in [0.3, 0.4) is 0 Å². The molecular formula is C22H32N2O4S. The Kier molecular flexibility index (Phi) is 6.69. The van der Waals surface area contributed by atoms with E-state index in [0.717, 1.165) is 47.3 Å². The summed E-state index contributed by atoms with van der Waals surface area (Å²) in [7, 11) is -3.06. The Morgan fingerprint density at radius 3 is 2.45 bits per heavy atom. The summed E-state index contributed by atoms with van der Waals surface area (Å²) in [6.45, 7) is 11.4. The average Bonchev–Trinajstić information content (AvgIpc) is 3.22. The first-order valence-corrected chi connectivity index (χ1v) is 12.3. The van der Waals surface area contributed by atoms with Gasteiger partial charge in [-0.2, -0.15) is 0 Å². The van der Waals surface area contributed by atoms with Crippen LogP contribution in [0.1, 0.15) is 37.0 Å². The largest absolute Gasteiger partial charge is 0.464 e. The van der Waals surface area contributed by atoms with E-state index in [1.54, 1.807) is 11.2 Å². The van der Waals surface area contributed by atoms with Gasteiger partial charge in [-0.15, -0.1) is 0 Å². The molecule has 1 amide bonds. The summed E-state index contributed by atoms with van der Waals surface area (Å²) in [4.78, 5) is 17.3. The van der Waals surface area contributed by atoms with Crippen molar-refractivity contribution in [2.24, 2.45) is 0 Å². The van der Waals surface area contributed by atoms with Gasteiger partial charge in [0.2, 0.25) is 5.91 Å².